The number of aryl methyl sites for hydroxylation is 1. The standard InChI is InChI=1S/C20H17N3O2S/c1-14-7-9-15(10-8-14)19(24)22-17(13-16-5-4-12-26-16)20(25)23-18-6-2-3-11-21-18/h2-13H,1H3,(H,22,24)(H,21,23,25)/b17-13-. The minimum Gasteiger partial charge on any atom is -0.317 e. The number of anilines is 1. The van der Waals surface area contributed by atoms with Crippen LogP contribution in [0, 0.1) is 6.92 Å². The fourth-order valence-electron chi connectivity index (χ4n) is 2.19. The van der Waals surface area contributed by atoms with Gasteiger partial charge in [-0.3, -0.25) is 9.59 Å². The first-order valence-corrected chi connectivity index (χ1v) is 8.85. The molecular weight excluding hydrogens is 346 g/mol. The highest BCUT2D eigenvalue weighted by molar-refractivity contribution is 7.10. The molecule has 0 unspecified atom stereocenters. The first-order valence-electron chi connectivity index (χ1n) is 7.97. The Hall–Kier alpha value is -3.25. The van der Waals surface area contributed by atoms with Crippen LogP contribution in [-0.2, 0) is 4.79 Å². The topological polar surface area (TPSA) is 71.1 Å². The summed E-state index contributed by atoms with van der Waals surface area (Å²) in [5, 5.41) is 7.30. The minimum atomic E-state index is -0.433. The fourth-order valence-corrected chi connectivity index (χ4v) is 2.85. The van der Waals surface area contributed by atoms with Crippen molar-refractivity contribution < 1.29 is 9.59 Å². The van der Waals surface area contributed by atoms with Gasteiger partial charge >= 0.3 is 0 Å². The lowest BCUT2D eigenvalue weighted by atomic mass is 10.1. The van der Waals surface area contributed by atoms with Crippen LogP contribution in [0.5, 0.6) is 0 Å². The third-order valence-electron chi connectivity index (χ3n) is 3.54. The molecule has 2 N–H and O–H groups in total. The molecule has 3 aromatic rings. The molecule has 5 nitrogen and oxygen atoms in total. The molecule has 0 radical (unpaired) electrons. The van der Waals surface area contributed by atoms with E-state index in [0.29, 0.717) is 11.4 Å². The number of aromatic nitrogens is 1. The van der Waals surface area contributed by atoms with E-state index in [4.69, 9.17) is 0 Å². The largest absolute Gasteiger partial charge is 0.317 e. The SMILES string of the molecule is Cc1ccc(C(=O)N/C(=C\c2cccs2)C(=O)Nc2ccccn2)cc1. The Morgan fingerprint density at radius 2 is 1.85 bits per heavy atom. The molecule has 0 saturated heterocycles. The van der Waals surface area contributed by atoms with Gasteiger partial charge in [0, 0.05) is 16.6 Å². The van der Waals surface area contributed by atoms with Crippen molar-refractivity contribution in [3.63, 3.8) is 0 Å². The number of thiophene rings is 1. The van der Waals surface area contributed by atoms with E-state index >= 15 is 0 Å². The molecule has 0 atom stereocenters. The molecule has 0 saturated carbocycles. The zero-order valence-electron chi connectivity index (χ0n) is 14.1. The summed E-state index contributed by atoms with van der Waals surface area (Å²) in [4.78, 5) is 30.1. The summed E-state index contributed by atoms with van der Waals surface area (Å²) in [5.41, 5.74) is 1.70. The fraction of sp³-hybridized carbons (Fsp3) is 0.0500. The number of hydrogen-bond acceptors (Lipinski definition) is 4. The van der Waals surface area contributed by atoms with Crippen LogP contribution in [0.4, 0.5) is 5.82 Å². The van der Waals surface area contributed by atoms with Crippen LogP contribution in [0.2, 0.25) is 0 Å². The third-order valence-corrected chi connectivity index (χ3v) is 4.36. The average molecular weight is 363 g/mol. The molecule has 0 aliphatic carbocycles. The van der Waals surface area contributed by atoms with Crippen LogP contribution in [0.25, 0.3) is 6.08 Å². The number of rotatable bonds is 5. The average Bonchev–Trinajstić information content (AvgIpc) is 3.15. The van der Waals surface area contributed by atoms with E-state index < -0.39 is 5.91 Å². The summed E-state index contributed by atoms with van der Waals surface area (Å²) >= 11 is 1.48. The van der Waals surface area contributed by atoms with Crippen molar-refractivity contribution in [3.8, 4) is 0 Å². The van der Waals surface area contributed by atoms with Crippen molar-refractivity contribution in [1.29, 1.82) is 0 Å². The van der Waals surface area contributed by atoms with E-state index in [9.17, 15) is 9.59 Å². The first kappa shape index (κ1) is 17.6. The van der Waals surface area contributed by atoms with Gasteiger partial charge in [0.15, 0.2) is 0 Å². The molecular formula is C20H17N3O2S. The first-order chi connectivity index (χ1) is 12.6. The number of nitrogens with zero attached hydrogens (tertiary/aromatic N) is 1. The number of carbonyl (C=O) groups is 2. The second-order valence-corrected chi connectivity index (χ2v) is 6.54. The van der Waals surface area contributed by atoms with E-state index in [1.165, 1.54) is 11.3 Å². The Morgan fingerprint density at radius 1 is 1.04 bits per heavy atom. The Kier molecular flexibility index (Phi) is 5.56. The Labute approximate surface area is 155 Å². The second kappa shape index (κ2) is 8.22. The van der Waals surface area contributed by atoms with E-state index in [1.54, 1.807) is 42.6 Å². The minimum absolute atomic E-state index is 0.156. The summed E-state index contributed by atoms with van der Waals surface area (Å²) < 4.78 is 0. The highest BCUT2D eigenvalue weighted by Crippen LogP contribution is 2.14. The molecule has 2 aromatic heterocycles. The van der Waals surface area contributed by atoms with Gasteiger partial charge in [0.1, 0.15) is 11.5 Å². The van der Waals surface area contributed by atoms with E-state index in [1.807, 2.05) is 36.6 Å². The van der Waals surface area contributed by atoms with Crippen LogP contribution in [0.1, 0.15) is 20.8 Å². The van der Waals surface area contributed by atoms with Gasteiger partial charge in [0.05, 0.1) is 0 Å². The van der Waals surface area contributed by atoms with Gasteiger partial charge in [-0.2, -0.15) is 0 Å². The van der Waals surface area contributed by atoms with Gasteiger partial charge < -0.3 is 10.6 Å². The summed E-state index contributed by atoms with van der Waals surface area (Å²) in [6.07, 6.45) is 3.23. The molecule has 0 bridgehead atoms. The van der Waals surface area contributed by atoms with E-state index in [-0.39, 0.29) is 11.6 Å². The predicted molar refractivity (Wildman–Crippen MR) is 104 cm³/mol. The number of hydrogen-bond donors (Lipinski definition) is 2. The van der Waals surface area contributed by atoms with E-state index in [0.717, 1.165) is 10.4 Å². The normalized spacial score (nSPS) is 11.0. The van der Waals surface area contributed by atoms with Gasteiger partial charge in [0.25, 0.3) is 11.8 Å². The Bertz CT molecular complexity index is 917. The monoisotopic (exact) mass is 363 g/mol. The highest BCUT2D eigenvalue weighted by atomic mass is 32.1. The molecule has 6 heteroatoms. The van der Waals surface area contributed by atoms with Gasteiger partial charge in [0.2, 0.25) is 0 Å². The summed E-state index contributed by atoms with van der Waals surface area (Å²) in [6, 6.07) is 16.1. The highest BCUT2D eigenvalue weighted by Gasteiger charge is 2.15. The third kappa shape index (κ3) is 4.64. The zero-order chi connectivity index (χ0) is 18.4. The van der Waals surface area contributed by atoms with Crippen LogP contribution < -0.4 is 10.6 Å². The zero-order valence-corrected chi connectivity index (χ0v) is 14.9. The van der Waals surface area contributed by atoms with Crippen molar-refractivity contribution in [1.82, 2.24) is 10.3 Å². The maximum absolute atomic E-state index is 12.6. The van der Waals surface area contributed by atoms with Gasteiger partial charge in [-0.15, -0.1) is 11.3 Å². The molecule has 26 heavy (non-hydrogen) atoms. The number of benzene rings is 1. The maximum Gasteiger partial charge on any atom is 0.273 e. The number of amides is 2. The number of pyridine rings is 1. The number of nitrogens with one attached hydrogen (secondary N) is 2. The van der Waals surface area contributed by atoms with Gasteiger partial charge in [-0.1, -0.05) is 29.8 Å². The molecule has 0 spiro atoms. The second-order valence-electron chi connectivity index (χ2n) is 5.56. The van der Waals surface area contributed by atoms with E-state index in [2.05, 4.69) is 15.6 Å². The predicted octanol–water partition coefficient (Wildman–Crippen LogP) is 3.86. The van der Waals surface area contributed by atoms with Crippen molar-refractivity contribution in [3.05, 3.63) is 87.9 Å². The van der Waals surface area contributed by atoms with Crippen LogP contribution in [0.3, 0.4) is 0 Å². The lowest BCUT2D eigenvalue weighted by Crippen LogP contribution is -2.30. The molecule has 1 aromatic carbocycles. The molecule has 0 aliphatic heterocycles. The van der Waals surface area contributed by atoms with Gasteiger partial charge in [-0.25, -0.2) is 4.98 Å². The van der Waals surface area contributed by atoms with Crippen molar-refractivity contribution in [2.75, 3.05) is 5.32 Å². The van der Waals surface area contributed by atoms with Crippen molar-refractivity contribution >= 4 is 35.0 Å². The Balaban J connectivity index is 1.82. The summed E-state index contributed by atoms with van der Waals surface area (Å²) in [7, 11) is 0. The van der Waals surface area contributed by atoms with Crippen molar-refractivity contribution in [2.24, 2.45) is 0 Å². The number of carbonyl (C=O) groups excluding carboxylic acids is 2. The Morgan fingerprint density at radius 3 is 2.50 bits per heavy atom. The lowest BCUT2D eigenvalue weighted by Gasteiger charge is -2.10. The van der Waals surface area contributed by atoms with Crippen LogP contribution >= 0.6 is 11.3 Å². The maximum atomic E-state index is 12.6. The van der Waals surface area contributed by atoms with Crippen LogP contribution in [0.15, 0.2) is 71.9 Å². The van der Waals surface area contributed by atoms with Crippen LogP contribution in [-0.4, -0.2) is 16.8 Å². The molecule has 0 aliphatic rings. The summed E-state index contributed by atoms with van der Waals surface area (Å²) in [5.74, 6) is -0.360. The molecule has 2 heterocycles. The molecule has 3 rings (SSSR count). The molecule has 130 valence electrons. The summed E-state index contributed by atoms with van der Waals surface area (Å²) in [6.45, 7) is 1.95. The van der Waals surface area contributed by atoms with Gasteiger partial charge in [-0.05, 0) is 48.7 Å². The quantitative estimate of drug-likeness (QED) is 0.676. The lowest BCUT2D eigenvalue weighted by molar-refractivity contribution is -0.113. The molecule has 0 fully saturated rings. The smallest absolute Gasteiger partial charge is 0.273 e. The molecule has 2 amide bonds. The van der Waals surface area contributed by atoms with Crippen molar-refractivity contribution in [2.45, 2.75) is 6.92 Å².